The second kappa shape index (κ2) is 10.2. The summed E-state index contributed by atoms with van der Waals surface area (Å²) in [6.07, 6.45) is 2.07. The van der Waals surface area contributed by atoms with Crippen molar-refractivity contribution in [2.75, 3.05) is 18.8 Å². The maximum atomic E-state index is 12.7. The smallest absolute Gasteiger partial charge is 0.387 e. The molecule has 5 nitrogen and oxygen atoms in total. The van der Waals surface area contributed by atoms with E-state index >= 15 is 0 Å². The number of rotatable bonds is 8. The molecule has 2 amide bonds. The lowest BCUT2D eigenvalue weighted by Crippen LogP contribution is -2.29. The summed E-state index contributed by atoms with van der Waals surface area (Å²) < 4.78 is 29.6. The molecule has 1 fully saturated rings. The van der Waals surface area contributed by atoms with Gasteiger partial charge in [-0.2, -0.15) is 8.78 Å². The quantitative estimate of drug-likeness (QED) is 0.658. The molecule has 154 valence electrons. The van der Waals surface area contributed by atoms with Crippen LogP contribution in [-0.4, -0.2) is 42.2 Å². The van der Waals surface area contributed by atoms with Gasteiger partial charge in [-0.15, -0.1) is 11.8 Å². The lowest BCUT2D eigenvalue weighted by molar-refractivity contribution is -0.127. The average molecular weight is 420 g/mol. The molecule has 29 heavy (non-hydrogen) atoms. The Morgan fingerprint density at radius 1 is 1.07 bits per heavy atom. The van der Waals surface area contributed by atoms with E-state index in [9.17, 15) is 18.4 Å². The molecule has 1 N–H and O–H groups in total. The number of thioether (sulfide) groups is 1. The lowest BCUT2D eigenvalue weighted by atomic mass is 10.1. The van der Waals surface area contributed by atoms with Crippen LogP contribution in [0.15, 0.2) is 53.4 Å². The molecular weight excluding hydrogens is 398 g/mol. The molecule has 2 aromatic carbocycles. The number of nitrogens with one attached hydrogen (secondary N) is 1. The molecule has 0 bridgehead atoms. The summed E-state index contributed by atoms with van der Waals surface area (Å²) in [5.74, 6) is 0.0334. The number of likely N-dealkylation sites (tertiary alicyclic amines) is 1. The Hall–Kier alpha value is -2.61. The number of amides is 2. The van der Waals surface area contributed by atoms with Crippen molar-refractivity contribution in [1.82, 2.24) is 10.2 Å². The Bertz CT molecular complexity index is 857. The maximum Gasteiger partial charge on any atom is 0.387 e. The standard InChI is InChI=1S/C21H22F2N2O3S/c22-21(23)28-17-9-3-1-7-15(17)13-24-20(27)16-8-2-4-10-18(16)29-14-19(26)25-11-5-6-12-25/h1-4,7-10,21H,5-6,11-14H2,(H,24,27). The average Bonchev–Trinajstić information content (AvgIpc) is 3.26. The lowest BCUT2D eigenvalue weighted by Gasteiger charge is -2.16. The molecule has 1 aliphatic heterocycles. The van der Waals surface area contributed by atoms with Crippen molar-refractivity contribution in [2.45, 2.75) is 30.9 Å². The van der Waals surface area contributed by atoms with E-state index in [-0.39, 0.29) is 29.9 Å². The molecule has 2 aromatic rings. The summed E-state index contributed by atoms with van der Waals surface area (Å²) in [4.78, 5) is 27.5. The van der Waals surface area contributed by atoms with E-state index in [2.05, 4.69) is 10.1 Å². The highest BCUT2D eigenvalue weighted by Gasteiger charge is 2.19. The first-order chi connectivity index (χ1) is 14.0. The number of carbonyl (C=O) groups excluding carboxylic acids is 2. The molecule has 0 spiro atoms. The van der Waals surface area contributed by atoms with Gasteiger partial charge in [-0.25, -0.2) is 0 Å². The van der Waals surface area contributed by atoms with Gasteiger partial charge in [-0.1, -0.05) is 30.3 Å². The Kier molecular flexibility index (Phi) is 7.46. The molecular formula is C21H22F2N2O3S. The summed E-state index contributed by atoms with van der Waals surface area (Å²) in [5.41, 5.74) is 0.898. The molecule has 0 aliphatic carbocycles. The van der Waals surface area contributed by atoms with E-state index in [1.165, 1.54) is 17.8 Å². The van der Waals surface area contributed by atoms with Crippen LogP contribution < -0.4 is 10.1 Å². The third-order valence-electron chi connectivity index (χ3n) is 4.57. The minimum Gasteiger partial charge on any atom is -0.434 e. The Morgan fingerprint density at radius 2 is 1.76 bits per heavy atom. The third kappa shape index (κ3) is 5.93. The predicted molar refractivity (Wildman–Crippen MR) is 107 cm³/mol. The SMILES string of the molecule is O=C(NCc1ccccc1OC(F)F)c1ccccc1SCC(=O)N1CCCC1. The van der Waals surface area contributed by atoms with E-state index in [0.29, 0.717) is 16.0 Å². The summed E-state index contributed by atoms with van der Waals surface area (Å²) in [7, 11) is 0. The topological polar surface area (TPSA) is 58.6 Å². The highest BCUT2D eigenvalue weighted by Crippen LogP contribution is 2.24. The van der Waals surface area contributed by atoms with Gasteiger partial charge in [-0.05, 0) is 31.0 Å². The van der Waals surface area contributed by atoms with Crippen LogP contribution in [0.3, 0.4) is 0 Å². The Balaban J connectivity index is 1.62. The predicted octanol–water partition coefficient (Wildman–Crippen LogP) is 3.93. The molecule has 0 saturated carbocycles. The van der Waals surface area contributed by atoms with E-state index in [1.807, 2.05) is 11.0 Å². The van der Waals surface area contributed by atoms with Crippen LogP contribution in [0.2, 0.25) is 0 Å². The number of alkyl halides is 2. The van der Waals surface area contributed by atoms with Crippen molar-refractivity contribution >= 4 is 23.6 Å². The normalized spacial score (nSPS) is 13.6. The minimum absolute atomic E-state index is 0.0293. The van der Waals surface area contributed by atoms with Gasteiger partial charge in [-0.3, -0.25) is 9.59 Å². The first-order valence-corrected chi connectivity index (χ1v) is 10.3. The second-order valence-electron chi connectivity index (χ2n) is 6.54. The number of halogens is 2. The third-order valence-corrected chi connectivity index (χ3v) is 5.63. The summed E-state index contributed by atoms with van der Waals surface area (Å²) in [6.45, 7) is -1.30. The monoisotopic (exact) mass is 420 g/mol. The summed E-state index contributed by atoms with van der Waals surface area (Å²) in [6, 6.07) is 13.4. The number of hydrogen-bond acceptors (Lipinski definition) is 4. The van der Waals surface area contributed by atoms with Gasteiger partial charge < -0.3 is 15.0 Å². The molecule has 1 saturated heterocycles. The zero-order chi connectivity index (χ0) is 20.6. The van der Waals surface area contributed by atoms with Crippen LogP contribution in [0.25, 0.3) is 0 Å². The van der Waals surface area contributed by atoms with E-state index < -0.39 is 6.61 Å². The van der Waals surface area contributed by atoms with Crippen LogP contribution in [-0.2, 0) is 11.3 Å². The molecule has 0 unspecified atom stereocenters. The molecule has 3 rings (SSSR count). The van der Waals surface area contributed by atoms with Crippen molar-refractivity contribution in [3.05, 3.63) is 59.7 Å². The maximum absolute atomic E-state index is 12.7. The highest BCUT2D eigenvalue weighted by atomic mass is 32.2. The fraction of sp³-hybridized carbons (Fsp3) is 0.333. The molecule has 1 aliphatic rings. The zero-order valence-electron chi connectivity index (χ0n) is 15.8. The first-order valence-electron chi connectivity index (χ1n) is 9.35. The van der Waals surface area contributed by atoms with Crippen LogP contribution in [0.5, 0.6) is 5.75 Å². The summed E-state index contributed by atoms with van der Waals surface area (Å²) in [5, 5.41) is 2.74. The van der Waals surface area contributed by atoms with Crippen LogP contribution in [0.1, 0.15) is 28.8 Å². The fourth-order valence-corrected chi connectivity index (χ4v) is 4.06. The van der Waals surface area contributed by atoms with E-state index in [0.717, 1.165) is 25.9 Å². The van der Waals surface area contributed by atoms with Crippen molar-refractivity contribution in [3.63, 3.8) is 0 Å². The zero-order valence-corrected chi connectivity index (χ0v) is 16.6. The van der Waals surface area contributed by atoms with Crippen LogP contribution in [0.4, 0.5) is 8.78 Å². The van der Waals surface area contributed by atoms with Gasteiger partial charge >= 0.3 is 6.61 Å². The number of para-hydroxylation sites is 1. The van der Waals surface area contributed by atoms with E-state index in [1.54, 1.807) is 36.4 Å². The van der Waals surface area contributed by atoms with E-state index in [4.69, 9.17) is 0 Å². The molecule has 1 heterocycles. The number of hydrogen-bond donors (Lipinski definition) is 1. The van der Waals surface area contributed by atoms with Crippen LogP contribution >= 0.6 is 11.8 Å². The summed E-state index contributed by atoms with van der Waals surface area (Å²) >= 11 is 1.33. The van der Waals surface area contributed by atoms with Crippen molar-refractivity contribution in [1.29, 1.82) is 0 Å². The van der Waals surface area contributed by atoms with Gasteiger partial charge in [0.15, 0.2) is 0 Å². The first kappa shape index (κ1) is 21.1. The van der Waals surface area contributed by atoms with Gasteiger partial charge in [0.05, 0.1) is 11.3 Å². The van der Waals surface area contributed by atoms with Gasteiger partial charge in [0.1, 0.15) is 5.75 Å². The van der Waals surface area contributed by atoms with Gasteiger partial charge in [0, 0.05) is 30.1 Å². The number of benzene rings is 2. The van der Waals surface area contributed by atoms with Crippen molar-refractivity contribution in [2.24, 2.45) is 0 Å². The minimum atomic E-state index is -2.93. The molecule has 8 heteroatoms. The Morgan fingerprint density at radius 3 is 2.52 bits per heavy atom. The molecule has 0 radical (unpaired) electrons. The number of carbonyl (C=O) groups is 2. The van der Waals surface area contributed by atoms with Gasteiger partial charge in [0.25, 0.3) is 5.91 Å². The van der Waals surface area contributed by atoms with Crippen molar-refractivity contribution in [3.8, 4) is 5.75 Å². The molecule has 0 atom stereocenters. The van der Waals surface area contributed by atoms with Crippen molar-refractivity contribution < 1.29 is 23.1 Å². The molecule has 0 aromatic heterocycles. The largest absolute Gasteiger partial charge is 0.434 e. The number of nitrogens with zero attached hydrogens (tertiary/aromatic N) is 1. The Labute approximate surface area is 172 Å². The van der Waals surface area contributed by atoms with Crippen LogP contribution in [0, 0.1) is 0 Å². The number of ether oxygens (including phenoxy) is 1. The second-order valence-corrected chi connectivity index (χ2v) is 7.56. The highest BCUT2D eigenvalue weighted by molar-refractivity contribution is 8.00. The fourth-order valence-electron chi connectivity index (χ4n) is 3.11. The van der Waals surface area contributed by atoms with Gasteiger partial charge in [0.2, 0.25) is 5.91 Å².